The summed E-state index contributed by atoms with van der Waals surface area (Å²) in [6.45, 7) is 5.13. The minimum atomic E-state index is -6.09. The highest BCUT2D eigenvalue weighted by atomic mass is 32.2. The van der Waals surface area contributed by atoms with Crippen molar-refractivity contribution in [3.8, 4) is 12.3 Å². The normalized spacial score (nSPS) is 11.3. The molecular weight excluding hydrogens is 425 g/mol. The maximum Gasteiger partial charge on any atom is 0.485 e. The van der Waals surface area contributed by atoms with Crippen molar-refractivity contribution in [3.05, 3.63) is 23.2 Å². The number of thiocarbonyl (C=S) groups is 1. The van der Waals surface area contributed by atoms with Crippen molar-refractivity contribution in [3.63, 3.8) is 0 Å². The van der Waals surface area contributed by atoms with Gasteiger partial charge in [0.2, 0.25) is 17.1 Å². The lowest BCUT2D eigenvalue weighted by Crippen LogP contribution is -2.34. The molecular formula is C15H15F3N2O4S3. The van der Waals surface area contributed by atoms with Gasteiger partial charge in [-0.1, -0.05) is 11.3 Å². The number of alkyl halides is 3. The van der Waals surface area contributed by atoms with Crippen LogP contribution in [0, 0.1) is 19.3 Å². The van der Waals surface area contributed by atoms with E-state index in [1.54, 1.807) is 11.3 Å². The average molecular weight is 440 g/mol. The standard InChI is InChI=1S/C14H14N2OS2.CHF3O3S/c1-4-8-16-10(3)19-13-9-11(6-7-12(13)16)15-14(18)17-5-2;2-1(3,4)8(5,6)7/h1,6-7,9H,5,8H2,2-3H3;(H,5,6,7). The molecule has 12 heteroatoms. The van der Waals surface area contributed by atoms with E-state index >= 15 is 0 Å². The molecule has 148 valence electrons. The lowest BCUT2D eigenvalue weighted by molar-refractivity contribution is -0.660. The third kappa shape index (κ3) is 6.62. The first-order valence-electron chi connectivity index (χ1n) is 7.23. The number of nitrogens with one attached hydrogen (secondary N) is 1. The van der Waals surface area contributed by atoms with E-state index in [4.69, 9.17) is 36.3 Å². The SMILES string of the molecule is C#CC[n+]1c(C)sc2cc(NC(=S)OCC)ccc21.O=S(=O)([O-])C(F)(F)F. The Labute approximate surface area is 163 Å². The van der Waals surface area contributed by atoms with Crippen LogP contribution in [0.3, 0.4) is 0 Å². The van der Waals surface area contributed by atoms with E-state index in [1.807, 2.05) is 19.1 Å². The summed E-state index contributed by atoms with van der Waals surface area (Å²) >= 11 is 6.79. The second kappa shape index (κ2) is 9.32. The summed E-state index contributed by atoms with van der Waals surface area (Å²) in [5.74, 6) is 2.68. The summed E-state index contributed by atoms with van der Waals surface area (Å²) in [4.78, 5) is 0. The Morgan fingerprint density at radius 2 is 2.07 bits per heavy atom. The van der Waals surface area contributed by atoms with Gasteiger partial charge >= 0.3 is 5.51 Å². The number of benzene rings is 1. The van der Waals surface area contributed by atoms with Crippen LogP contribution in [0.5, 0.6) is 0 Å². The van der Waals surface area contributed by atoms with Crippen molar-refractivity contribution in [2.45, 2.75) is 25.9 Å². The first-order chi connectivity index (χ1) is 12.4. The number of aryl methyl sites for hydroxylation is 1. The number of rotatable bonds is 3. The Morgan fingerprint density at radius 3 is 2.56 bits per heavy atom. The number of anilines is 1. The molecule has 0 fully saturated rings. The van der Waals surface area contributed by atoms with Gasteiger partial charge in [0.25, 0.3) is 5.17 Å². The van der Waals surface area contributed by atoms with Gasteiger partial charge in [0.15, 0.2) is 10.1 Å². The number of terminal acetylenes is 1. The lowest BCUT2D eigenvalue weighted by atomic mass is 10.3. The number of nitrogens with zero attached hydrogens (tertiary/aromatic N) is 1. The number of aromatic nitrogens is 1. The maximum atomic E-state index is 10.7. The molecule has 0 aliphatic rings. The quantitative estimate of drug-likeness (QED) is 0.260. The topological polar surface area (TPSA) is 82.3 Å². The van der Waals surface area contributed by atoms with E-state index in [1.165, 1.54) is 9.71 Å². The number of fused-ring (bicyclic) bond motifs is 1. The van der Waals surface area contributed by atoms with Gasteiger partial charge in [0.1, 0.15) is 4.70 Å². The molecule has 0 saturated carbocycles. The molecule has 0 saturated heterocycles. The van der Waals surface area contributed by atoms with E-state index in [9.17, 15) is 13.2 Å². The fourth-order valence-corrected chi connectivity index (χ4v) is 3.15. The molecule has 0 aliphatic heterocycles. The Kier molecular flexibility index (Phi) is 7.97. The van der Waals surface area contributed by atoms with Crippen LogP contribution in [-0.2, 0) is 21.4 Å². The molecule has 0 atom stereocenters. The molecule has 0 unspecified atom stereocenters. The molecule has 0 bridgehead atoms. The summed E-state index contributed by atoms with van der Waals surface area (Å²) in [5.41, 5.74) is -3.57. The Morgan fingerprint density at radius 1 is 1.48 bits per heavy atom. The van der Waals surface area contributed by atoms with Crippen LogP contribution in [0.1, 0.15) is 11.9 Å². The molecule has 2 rings (SSSR count). The monoisotopic (exact) mass is 440 g/mol. The Hall–Kier alpha value is -1.94. The van der Waals surface area contributed by atoms with E-state index in [2.05, 4.69) is 28.8 Å². The third-order valence-electron chi connectivity index (χ3n) is 2.94. The lowest BCUT2D eigenvalue weighted by Gasteiger charge is -2.08. The van der Waals surface area contributed by atoms with Crippen molar-refractivity contribution in [2.75, 3.05) is 11.9 Å². The van der Waals surface area contributed by atoms with Crippen LogP contribution in [0.15, 0.2) is 18.2 Å². The molecule has 0 radical (unpaired) electrons. The van der Waals surface area contributed by atoms with Crippen molar-refractivity contribution in [1.82, 2.24) is 0 Å². The molecule has 1 N–H and O–H groups in total. The summed E-state index contributed by atoms with van der Waals surface area (Å²) in [7, 11) is -6.09. The van der Waals surface area contributed by atoms with Crippen molar-refractivity contribution < 1.29 is 35.4 Å². The first kappa shape index (κ1) is 23.1. The summed E-state index contributed by atoms with van der Waals surface area (Å²) in [6, 6.07) is 6.09. The van der Waals surface area contributed by atoms with Crippen LogP contribution >= 0.6 is 23.6 Å². The Balaban J connectivity index is 0.000000387. The zero-order valence-electron chi connectivity index (χ0n) is 14.2. The van der Waals surface area contributed by atoms with Crippen molar-refractivity contribution >= 4 is 54.8 Å². The van der Waals surface area contributed by atoms with E-state index in [0.29, 0.717) is 18.3 Å². The molecule has 0 spiro atoms. The number of halogens is 3. The van der Waals surface area contributed by atoms with Crippen LogP contribution in [0.25, 0.3) is 10.2 Å². The number of hydrogen-bond donors (Lipinski definition) is 1. The molecule has 1 aromatic heterocycles. The predicted octanol–water partition coefficient (Wildman–Crippen LogP) is 2.92. The zero-order valence-corrected chi connectivity index (χ0v) is 16.6. The maximum absolute atomic E-state index is 10.7. The molecule has 27 heavy (non-hydrogen) atoms. The van der Waals surface area contributed by atoms with Gasteiger partial charge in [-0.25, -0.2) is 8.42 Å². The van der Waals surface area contributed by atoms with Crippen LogP contribution in [0.4, 0.5) is 18.9 Å². The highest BCUT2D eigenvalue weighted by Gasteiger charge is 2.36. The first-order valence-corrected chi connectivity index (χ1v) is 9.86. The van der Waals surface area contributed by atoms with Crippen LogP contribution < -0.4 is 9.88 Å². The second-order valence-electron chi connectivity index (χ2n) is 4.84. The van der Waals surface area contributed by atoms with Gasteiger partial charge in [0.05, 0.1) is 6.61 Å². The van der Waals surface area contributed by atoms with Gasteiger partial charge < -0.3 is 14.6 Å². The number of thiazole rings is 1. The summed E-state index contributed by atoms with van der Waals surface area (Å²) < 4.78 is 67.4. The highest BCUT2D eigenvalue weighted by molar-refractivity contribution is 7.86. The van der Waals surface area contributed by atoms with Crippen molar-refractivity contribution in [1.29, 1.82) is 0 Å². The fourth-order valence-electron chi connectivity index (χ4n) is 1.85. The second-order valence-corrected chi connectivity index (χ2v) is 7.82. The van der Waals surface area contributed by atoms with E-state index in [-0.39, 0.29) is 0 Å². The molecule has 6 nitrogen and oxygen atoms in total. The van der Waals surface area contributed by atoms with Gasteiger partial charge in [-0.05, 0) is 37.2 Å². The van der Waals surface area contributed by atoms with Crippen molar-refractivity contribution in [2.24, 2.45) is 0 Å². The number of ether oxygens (including phenoxy) is 1. The van der Waals surface area contributed by atoms with E-state index in [0.717, 1.165) is 11.2 Å². The smallest absolute Gasteiger partial charge is 0.485 e. The Bertz CT molecular complexity index is 963. The highest BCUT2D eigenvalue weighted by Crippen LogP contribution is 2.24. The molecule has 0 aliphatic carbocycles. The van der Waals surface area contributed by atoms with Gasteiger partial charge in [-0.2, -0.15) is 17.7 Å². The van der Waals surface area contributed by atoms with Crippen LogP contribution in [-0.4, -0.2) is 30.3 Å². The fraction of sp³-hybridized carbons (Fsp3) is 0.333. The molecule has 1 aromatic carbocycles. The van der Waals surface area contributed by atoms with Gasteiger partial charge in [-0.3, -0.25) is 0 Å². The van der Waals surface area contributed by atoms with Gasteiger partial charge in [-0.15, -0.1) is 6.42 Å². The minimum Gasteiger partial charge on any atom is -0.741 e. The zero-order chi connectivity index (χ0) is 20.8. The average Bonchev–Trinajstić information content (AvgIpc) is 2.82. The predicted molar refractivity (Wildman–Crippen MR) is 99.2 cm³/mol. The summed E-state index contributed by atoms with van der Waals surface area (Å²) in [5, 5.41) is 4.65. The molecule has 0 amide bonds. The largest absolute Gasteiger partial charge is 0.741 e. The van der Waals surface area contributed by atoms with Crippen LogP contribution in [0.2, 0.25) is 0 Å². The third-order valence-corrected chi connectivity index (χ3v) is 4.79. The summed E-state index contributed by atoms with van der Waals surface area (Å²) in [6.07, 6.45) is 5.40. The minimum absolute atomic E-state index is 0.395. The van der Waals surface area contributed by atoms with Gasteiger partial charge in [0, 0.05) is 18.7 Å². The molecule has 1 heterocycles. The number of hydrogen-bond acceptors (Lipinski definition) is 6. The van der Waals surface area contributed by atoms with E-state index < -0.39 is 15.6 Å². The molecule has 2 aromatic rings.